The van der Waals surface area contributed by atoms with E-state index in [1.807, 2.05) is 23.6 Å². The third-order valence-electron chi connectivity index (χ3n) is 3.52. The molecular formula is C15H18N4OS. The molecule has 1 fully saturated rings. The fourth-order valence-electron chi connectivity index (χ4n) is 2.43. The highest BCUT2D eigenvalue weighted by Gasteiger charge is 2.13. The first-order valence-corrected chi connectivity index (χ1v) is 8.09. The summed E-state index contributed by atoms with van der Waals surface area (Å²) in [6.07, 6.45) is 5.50. The van der Waals surface area contributed by atoms with Crippen LogP contribution in [0.3, 0.4) is 0 Å². The number of aromatic nitrogens is 2. The minimum absolute atomic E-state index is 0.0722. The zero-order chi connectivity index (χ0) is 14.5. The molecule has 0 radical (unpaired) electrons. The summed E-state index contributed by atoms with van der Waals surface area (Å²) < 4.78 is 0. The van der Waals surface area contributed by atoms with Crippen LogP contribution in [0.4, 0.5) is 5.82 Å². The molecule has 0 bridgehead atoms. The quantitative estimate of drug-likeness (QED) is 0.942. The van der Waals surface area contributed by atoms with Crippen LogP contribution >= 0.6 is 11.3 Å². The van der Waals surface area contributed by atoms with Gasteiger partial charge in [0.25, 0.3) is 5.91 Å². The summed E-state index contributed by atoms with van der Waals surface area (Å²) in [7, 11) is 0. The second-order valence-electron chi connectivity index (χ2n) is 5.04. The predicted octanol–water partition coefficient (Wildman–Crippen LogP) is 2.46. The van der Waals surface area contributed by atoms with E-state index in [4.69, 9.17) is 0 Å². The number of anilines is 1. The number of nitrogens with zero attached hydrogens (tertiary/aromatic N) is 3. The van der Waals surface area contributed by atoms with Gasteiger partial charge in [-0.15, -0.1) is 11.3 Å². The first kappa shape index (κ1) is 14.0. The van der Waals surface area contributed by atoms with Crippen molar-refractivity contribution in [1.29, 1.82) is 0 Å². The van der Waals surface area contributed by atoms with Crippen molar-refractivity contribution in [1.82, 2.24) is 15.3 Å². The third kappa shape index (κ3) is 3.58. The molecule has 1 saturated heterocycles. The van der Waals surface area contributed by atoms with E-state index in [-0.39, 0.29) is 5.91 Å². The summed E-state index contributed by atoms with van der Waals surface area (Å²) in [5.74, 6) is 1.55. The van der Waals surface area contributed by atoms with Gasteiger partial charge in [-0.3, -0.25) is 4.79 Å². The Morgan fingerprint density at radius 3 is 2.90 bits per heavy atom. The number of piperidine rings is 1. The van der Waals surface area contributed by atoms with Crippen molar-refractivity contribution in [3.63, 3.8) is 0 Å². The number of thiophene rings is 1. The summed E-state index contributed by atoms with van der Waals surface area (Å²) in [5.41, 5.74) is 0. The first-order chi connectivity index (χ1) is 10.3. The van der Waals surface area contributed by atoms with Gasteiger partial charge in [0.1, 0.15) is 11.6 Å². The Morgan fingerprint density at radius 2 is 2.14 bits per heavy atom. The van der Waals surface area contributed by atoms with E-state index in [0.717, 1.165) is 18.9 Å². The van der Waals surface area contributed by atoms with Crippen LogP contribution in [0, 0.1) is 0 Å². The third-order valence-corrected chi connectivity index (χ3v) is 4.39. The molecule has 0 aliphatic carbocycles. The maximum Gasteiger partial charge on any atom is 0.261 e. The monoisotopic (exact) mass is 302 g/mol. The van der Waals surface area contributed by atoms with Gasteiger partial charge in [0, 0.05) is 19.3 Å². The van der Waals surface area contributed by atoms with Crippen LogP contribution in [0.1, 0.15) is 34.8 Å². The van der Waals surface area contributed by atoms with E-state index < -0.39 is 0 Å². The molecule has 2 aromatic heterocycles. The summed E-state index contributed by atoms with van der Waals surface area (Å²) in [6, 6.07) is 5.62. The van der Waals surface area contributed by atoms with Gasteiger partial charge in [0.05, 0.1) is 11.4 Å². The minimum atomic E-state index is -0.0722. The molecule has 1 amide bonds. The molecule has 3 heterocycles. The lowest BCUT2D eigenvalue weighted by atomic mass is 10.1. The van der Waals surface area contributed by atoms with Crippen LogP contribution in [-0.4, -0.2) is 29.0 Å². The molecule has 0 atom stereocenters. The molecule has 1 aliphatic rings. The summed E-state index contributed by atoms with van der Waals surface area (Å²) in [5, 5.41) is 4.75. The number of hydrogen-bond acceptors (Lipinski definition) is 5. The highest BCUT2D eigenvalue weighted by molar-refractivity contribution is 7.12. The summed E-state index contributed by atoms with van der Waals surface area (Å²) in [6.45, 7) is 2.47. The highest BCUT2D eigenvalue weighted by Crippen LogP contribution is 2.17. The molecule has 6 heteroatoms. The Kier molecular flexibility index (Phi) is 4.45. The molecule has 3 rings (SSSR count). The van der Waals surface area contributed by atoms with Gasteiger partial charge >= 0.3 is 0 Å². The van der Waals surface area contributed by atoms with E-state index in [0.29, 0.717) is 17.2 Å². The van der Waals surface area contributed by atoms with Crippen molar-refractivity contribution in [2.75, 3.05) is 18.0 Å². The maximum absolute atomic E-state index is 11.9. The van der Waals surface area contributed by atoms with Crippen LogP contribution in [0.2, 0.25) is 0 Å². The zero-order valence-corrected chi connectivity index (χ0v) is 12.6. The van der Waals surface area contributed by atoms with Crippen molar-refractivity contribution >= 4 is 23.1 Å². The number of carbonyl (C=O) groups is 1. The number of rotatable bonds is 4. The van der Waals surface area contributed by atoms with Crippen molar-refractivity contribution in [2.45, 2.75) is 25.8 Å². The lowest BCUT2D eigenvalue weighted by Gasteiger charge is -2.27. The van der Waals surface area contributed by atoms with Crippen molar-refractivity contribution < 1.29 is 4.79 Å². The second kappa shape index (κ2) is 6.67. The summed E-state index contributed by atoms with van der Waals surface area (Å²) >= 11 is 1.43. The van der Waals surface area contributed by atoms with Crippen LogP contribution in [0.25, 0.3) is 0 Å². The predicted molar refractivity (Wildman–Crippen MR) is 83.6 cm³/mol. The van der Waals surface area contributed by atoms with Gasteiger partial charge in [-0.05, 0) is 36.8 Å². The molecule has 0 spiro atoms. The Balaban J connectivity index is 1.62. The average Bonchev–Trinajstić information content (AvgIpc) is 3.08. The van der Waals surface area contributed by atoms with Crippen molar-refractivity contribution in [3.8, 4) is 0 Å². The first-order valence-electron chi connectivity index (χ1n) is 7.21. The molecule has 0 unspecified atom stereocenters. The minimum Gasteiger partial charge on any atom is -0.357 e. The van der Waals surface area contributed by atoms with Crippen LogP contribution in [0.5, 0.6) is 0 Å². The molecule has 110 valence electrons. The molecular weight excluding hydrogens is 284 g/mol. The van der Waals surface area contributed by atoms with Gasteiger partial charge in [-0.25, -0.2) is 9.97 Å². The molecule has 0 saturated carbocycles. The standard InChI is InChI=1S/C15H18N4OS/c20-15(12-5-4-10-21-12)17-11-13-16-7-6-14(18-13)19-8-2-1-3-9-19/h4-7,10H,1-3,8-9,11H2,(H,17,20). The van der Waals surface area contributed by atoms with Crippen LogP contribution in [0.15, 0.2) is 29.8 Å². The Morgan fingerprint density at radius 1 is 1.29 bits per heavy atom. The van der Waals surface area contributed by atoms with Crippen LogP contribution in [-0.2, 0) is 6.54 Å². The second-order valence-corrected chi connectivity index (χ2v) is 5.99. The number of nitrogens with one attached hydrogen (secondary N) is 1. The van der Waals surface area contributed by atoms with Gasteiger partial charge in [-0.2, -0.15) is 0 Å². The smallest absolute Gasteiger partial charge is 0.261 e. The average molecular weight is 302 g/mol. The molecule has 0 aromatic carbocycles. The fourth-order valence-corrected chi connectivity index (χ4v) is 3.07. The maximum atomic E-state index is 11.9. The Labute approximate surface area is 128 Å². The molecule has 1 aliphatic heterocycles. The number of amides is 1. The van der Waals surface area contributed by atoms with Gasteiger partial charge < -0.3 is 10.2 Å². The number of hydrogen-bond donors (Lipinski definition) is 1. The van der Waals surface area contributed by atoms with E-state index in [1.54, 1.807) is 6.20 Å². The van der Waals surface area contributed by atoms with E-state index >= 15 is 0 Å². The SMILES string of the molecule is O=C(NCc1nccc(N2CCCCC2)n1)c1cccs1. The van der Waals surface area contributed by atoms with E-state index in [9.17, 15) is 4.79 Å². The van der Waals surface area contributed by atoms with Gasteiger partial charge in [0.15, 0.2) is 0 Å². The topological polar surface area (TPSA) is 58.1 Å². The lowest BCUT2D eigenvalue weighted by molar-refractivity contribution is 0.0954. The largest absolute Gasteiger partial charge is 0.357 e. The molecule has 21 heavy (non-hydrogen) atoms. The summed E-state index contributed by atoms with van der Waals surface area (Å²) in [4.78, 5) is 23.7. The van der Waals surface area contributed by atoms with Gasteiger partial charge in [0.2, 0.25) is 0 Å². The Bertz CT molecular complexity index is 593. The van der Waals surface area contributed by atoms with Gasteiger partial charge in [-0.1, -0.05) is 6.07 Å². The highest BCUT2D eigenvalue weighted by atomic mass is 32.1. The van der Waals surface area contributed by atoms with Crippen LogP contribution < -0.4 is 10.2 Å². The Hall–Kier alpha value is -1.95. The lowest BCUT2D eigenvalue weighted by Crippen LogP contribution is -2.31. The molecule has 1 N–H and O–H groups in total. The van der Waals surface area contributed by atoms with Crippen molar-refractivity contribution in [3.05, 3.63) is 40.5 Å². The zero-order valence-electron chi connectivity index (χ0n) is 11.8. The fraction of sp³-hybridized carbons (Fsp3) is 0.400. The van der Waals surface area contributed by atoms with E-state index in [2.05, 4.69) is 20.2 Å². The van der Waals surface area contributed by atoms with E-state index in [1.165, 1.54) is 30.6 Å². The molecule has 2 aromatic rings. The normalized spacial score (nSPS) is 15.0. The molecule has 5 nitrogen and oxygen atoms in total. The number of carbonyl (C=O) groups excluding carboxylic acids is 1. The van der Waals surface area contributed by atoms with Crippen molar-refractivity contribution in [2.24, 2.45) is 0 Å².